The second kappa shape index (κ2) is 11.7. The highest BCUT2D eigenvalue weighted by molar-refractivity contribution is 5.85. The van der Waals surface area contributed by atoms with Gasteiger partial charge in [0.1, 0.15) is 12.4 Å². The SMILES string of the molecule is COC(=O)C(OC(=O)C(F)(F)C(F)(F)F)c1ccc(OC(=O)C(F)(F)C(F)(F)F)c(COC(=O)C(F)(F)C(F)(F)F)c1. The zero-order valence-corrected chi connectivity index (χ0v) is 19.5. The maximum atomic E-state index is 13.3. The summed E-state index contributed by atoms with van der Waals surface area (Å²) in [5.74, 6) is -33.0. The number of methoxy groups -OCH3 is 1. The van der Waals surface area contributed by atoms with E-state index in [2.05, 4.69) is 18.9 Å². The third-order valence-electron chi connectivity index (χ3n) is 4.43. The van der Waals surface area contributed by atoms with Crippen LogP contribution in [-0.2, 0) is 40.0 Å². The lowest BCUT2D eigenvalue weighted by molar-refractivity contribution is -0.282. The minimum Gasteiger partial charge on any atom is -0.466 e. The van der Waals surface area contributed by atoms with Crippen LogP contribution in [0.25, 0.3) is 0 Å². The van der Waals surface area contributed by atoms with Gasteiger partial charge in [-0.3, -0.25) is 0 Å². The van der Waals surface area contributed by atoms with E-state index in [0.717, 1.165) is 0 Å². The summed E-state index contributed by atoms with van der Waals surface area (Å²) in [6.07, 6.45) is -22.9. The topological polar surface area (TPSA) is 105 Å². The van der Waals surface area contributed by atoms with Crippen LogP contribution in [-0.4, -0.2) is 67.3 Å². The van der Waals surface area contributed by atoms with Gasteiger partial charge in [0.15, 0.2) is 0 Å². The van der Waals surface area contributed by atoms with E-state index in [1.807, 2.05) is 0 Å². The fraction of sp³-hybridized carbons (Fsp3) is 0.474. The van der Waals surface area contributed by atoms with Gasteiger partial charge in [0.05, 0.1) is 7.11 Å². The van der Waals surface area contributed by atoms with Gasteiger partial charge in [0, 0.05) is 11.1 Å². The largest absolute Gasteiger partial charge is 0.466 e. The van der Waals surface area contributed by atoms with Crippen LogP contribution in [0, 0.1) is 0 Å². The molecule has 0 fully saturated rings. The zero-order chi connectivity index (χ0) is 33.3. The number of carbonyl (C=O) groups excluding carboxylic acids is 4. The second-order valence-corrected chi connectivity index (χ2v) is 7.36. The molecule has 0 amide bonds. The Kier molecular flexibility index (Phi) is 10.1. The van der Waals surface area contributed by atoms with E-state index in [0.29, 0.717) is 7.11 Å². The number of esters is 4. The van der Waals surface area contributed by atoms with E-state index in [1.165, 1.54) is 0 Å². The van der Waals surface area contributed by atoms with Gasteiger partial charge in [-0.05, 0) is 12.1 Å². The highest BCUT2D eigenvalue weighted by Gasteiger charge is 2.67. The third-order valence-corrected chi connectivity index (χ3v) is 4.43. The maximum absolute atomic E-state index is 13.3. The van der Waals surface area contributed by atoms with Crippen molar-refractivity contribution in [3.63, 3.8) is 0 Å². The third kappa shape index (κ3) is 7.46. The molecule has 1 rings (SSSR count). The Bertz CT molecular complexity index is 1200. The van der Waals surface area contributed by atoms with Crippen LogP contribution in [0.4, 0.5) is 65.9 Å². The van der Waals surface area contributed by atoms with Crippen molar-refractivity contribution >= 4 is 23.9 Å². The summed E-state index contributed by atoms with van der Waals surface area (Å²) in [4.78, 5) is 45.9. The van der Waals surface area contributed by atoms with Gasteiger partial charge in [-0.25, -0.2) is 19.2 Å². The molecular weight excluding hydrogens is 641 g/mol. The molecule has 0 bridgehead atoms. The molecule has 0 aliphatic rings. The van der Waals surface area contributed by atoms with Gasteiger partial charge in [0.2, 0.25) is 6.10 Å². The first kappa shape index (κ1) is 36.1. The van der Waals surface area contributed by atoms with Crippen molar-refractivity contribution in [2.75, 3.05) is 7.11 Å². The van der Waals surface area contributed by atoms with Gasteiger partial charge in [-0.15, -0.1) is 0 Å². The molecule has 1 unspecified atom stereocenters. The number of benzene rings is 1. The van der Waals surface area contributed by atoms with Crippen LogP contribution >= 0.6 is 0 Å². The van der Waals surface area contributed by atoms with Gasteiger partial charge in [0.25, 0.3) is 0 Å². The predicted octanol–water partition coefficient (Wildman–Crippen LogP) is 4.99. The van der Waals surface area contributed by atoms with Crippen LogP contribution in [0.1, 0.15) is 17.2 Å². The number of hydrogen-bond acceptors (Lipinski definition) is 8. The molecule has 0 radical (unpaired) electrons. The van der Waals surface area contributed by atoms with Gasteiger partial charge < -0.3 is 18.9 Å². The molecule has 1 aromatic rings. The van der Waals surface area contributed by atoms with Crippen molar-refractivity contribution in [2.24, 2.45) is 0 Å². The average molecular weight is 650 g/mol. The molecule has 0 heterocycles. The minimum atomic E-state index is -6.63. The molecule has 0 spiro atoms. The summed E-state index contributed by atoms with van der Waals surface area (Å²) >= 11 is 0. The normalized spacial score (nSPS) is 14.1. The van der Waals surface area contributed by atoms with Gasteiger partial charge in [-0.2, -0.15) is 65.9 Å². The predicted molar refractivity (Wildman–Crippen MR) is 95.7 cm³/mol. The Morgan fingerprint density at radius 1 is 0.667 bits per heavy atom. The number of halogens is 15. The molecule has 0 aromatic heterocycles. The van der Waals surface area contributed by atoms with Crippen LogP contribution < -0.4 is 4.74 Å². The minimum absolute atomic E-state index is 0.00354. The maximum Gasteiger partial charge on any atom is 0.465 e. The fourth-order valence-electron chi connectivity index (χ4n) is 2.26. The first-order valence-corrected chi connectivity index (χ1v) is 9.77. The Morgan fingerprint density at radius 2 is 1.10 bits per heavy atom. The molecule has 8 nitrogen and oxygen atoms in total. The van der Waals surface area contributed by atoms with Crippen LogP contribution in [0.5, 0.6) is 5.75 Å². The Balaban J connectivity index is 3.64. The lowest BCUT2D eigenvalue weighted by Gasteiger charge is -2.23. The van der Waals surface area contributed by atoms with E-state index >= 15 is 0 Å². The molecule has 0 saturated heterocycles. The lowest BCUT2D eigenvalue weighted by atomic mass is 10.0. The summed E-state index contributed by atoms with van der Waals surface area (Å²) in [5.41, 5.74) is -2.71. The monoisotopic (exact) mass is 650 g/mol. The quantitative estimate of drug-likeness (QED) is 0.160. The number of hydrogen-bond donors (Lipinski definition) is 0. The number of alkyl halides is 15. The van der Waals surface area contributed by atoms with Crippen LogP contribution in [0.15, 0.2) is 18.2 Å². The summed E-state index contributed by atoms with van der Waals surface area (Å²) in [6, 6.07) is 0.120. The van der Waals surface area contributed by atoms with Crippen molar-refractivity contribution in [1.82, 2.24) is 0 Å². The summed E-state index contributed by atoms with van der Waals surface area (Å²) in [7, 11) is 0.419. The van der Waals surface area contributed by atoms with Crippen molar-refractivity contribution < 1.29 is 104 Å². The number of carbonyl (C=O) groups is 4. The summed E-state index contributed by atoms with van der Waals surface area (Å²) in [6.45, 7) is -2.07. The molecule has 0 saturated carbocycles. The van der Waals surface area contributed by atoms with Crippen LogP contribution in [0.2, 0.25) is 0 Å². The zero-order valence-electron chi connectivity index (χ0n) is 19.5. The molecule has 0 aliphatic heterocycles. The van der Waals surface area contributed by atoms with Crippen molar-refractivity contribution in [3.8, 4) is 5.75 Å². The first-order valence-electron chi connectivity index (χ1n) is 9.77. The molecule has 23 heteroatoms. The first-order chi connectivity index (χ1) is 18.6. The highest BCUT2D eigenvalue weighted by Crippen LogP contribution is 2.40. The second-order valence-electron chi connectivity index (χ2n) is 7.36. The molecule has 0 N–H and O–H groups in total. The van der Waals surface area contributed by atoms with E-state index in [1.54, 1.807) is 0 Å². The van der Waals surface area contributed by atoms with E-state index < -0.39 is 89.8 Å². The summed E-state index contributed by atoms with van der Waals surface area (Å²) < 4.78 is 206. The Labute approximate surface area is 220 Å². The van der Waals surface area contributed by atoms with E-state index in [4.69, 9.17) is 0 Å². The molecule has 42 heavy (non-hydrogen) atoms. The standard InChI is InChI=1S/C19H9F15O8/c1-39-10(35)9(42-13(38)16(24,25)19(32,33)34)6-2-3-8(41-12(37)15(22,23)18(29,30)31)7(4-6)5-40-11(36)14(20,21)17(26,27)28/h2-4,9H,5H2,1H3. The van der Waals surface area contributed by atoms with Crippen molar-refractivity contribution in [3.05, 3.63) is 29.3 Å². The van der Waals surface area contributed by atoms with Gasteiger partial charge >= 0.3 is 60.2 Å². The Morgan fingerprint density at radius 3 is 1.52 bits per heavy atom. The smallest absolute Gasteiger partial charge is 0.465 e. The van der Waals surface area contributed by atoms with Crippen molar-refractivity contribution in [1.29, 1.82) is 0 Å². The lowest BCUT2D eigenvalue weighted by Crippen LogP contribution is -2.46. The molecule has 1 atom stereocenters. The number of rotatable bonds is 9. The van der Waals surface area contributed by atoms with Crippen molar-refractivity contribution in [2.45, 2.75) is 49.0 Å². The van der Waals surface area contributed by atoms with E-state index in [9.17, 15) is 85.0 Å². The number of ether oxygens (including phenoxy) is 4. The average Bonchev–Trinajstić information content (AvgIpc) is 2.83. The highest BCUT2D eigenvalue weighted by atomic mass is 19.4. The van der Waals surface area contributed by atoms with Gasteiger partial charge in [-0.1, -0.05) is 6.07 Å². The molecule has 1 aromatic carbocycles. The Hall–Kier alpha value is -3.95. The van der Waals surface area contributed by atoms with Crippen LogP contribution in [0.3, 0.4) is 0 Å². The van der Waals surface area contributed by atoms with E-state index in [-0.39, 0.29) is 18.2 Å². The molecule has 0 aliphatic carbocycles. The molecule has 238 valence electrons. The molecular formula is C19H9F15O8. The summed E-state index contributed by atoms with van der Waals surface area (Å²) in [5, 5.41) is 0. The fourth-order valence-corrected chi connectivity index (χ4v) is 2.26.